The van der Waals surface area contributed by atoms with E-state index in [9.17, 15) is 4.79 Å². The Balaban J connectivity index is 1.64. The first-order chi connectivity index (χ1) is 12.1. The Morgan fingerprint density at radius 2 is 2.12 bits per heavy atom. The molecule has 2 aromatic heterocycles. The molecule has 2 aromatic rings. The predicted octanol–water partition coefficient (Wildman–Crippen LogP) is 2.37. The molecule has 0 radical (unpaired) electrons. The van der Waals surface area contributed by atoms with Crippen LogP contribution in [0.1, 0.15) is 37.2 Å². The second-order valence-corrected chi connectivity index (χ2v) is 6.79. The van der Waals surface area contributed by atoms with Gasteiger partial charge in [-0.3, -0.25) is 4.79 Å². The normalized spacial score (nSPS) is 15.4. The maximum Gasteiger partial charge on any atom is 0.270 e. The molecule has 7 nitrogen and oxygen atoms in total. The number of piperidine rings is 1. The molecule has 1 amide bonds. The van der Waals surface area contributed by atoms with Crippen molar-refractivity contribution in [3.05, 3.63) is 36.3 Å². The number of nitrogens with one attached hydrogen (secondary N) is 2. The van der Waals surface area contributed by atoms with Gasteiger partial charge in [-0.2, -0.15) is 5.10 Å². The van der Waals surface area contributed by atoms with E-state index in [0.29, 0.717) is 17.8 Å². The lowest BCUT2D eigenvalue weighted by atomic mass is 10.0. The minimum absolute atomic E-state index is 0.0766. The lowest BCUT2D eigenvalue weighted by Crippen LogP contribution is -2.46. The number of hydrogen-bond acceptors (Lipinski definition) is 5. The van der Waals surface area contributed by atoms with Gasteiger partial charge in [-0.25, -0.2) is 0 Å². The molecule has 0 aromatic carbocycles. The summed E-state index contributed by atoms with van der Waals surface area (Å²) in [7, 11) is 2.06. The van der Waals surface area contributed by atoms with Crippen molar-refractivity contribution in [2.24, 2.45) is 0 Å². The van der Waals surface area contributed by atoms with Gasteiger partial charge in [0.05, 0.1) is 11.9 Å². The number of amides is 1. The van der Waals surface area contributed by atoms with Crippen LogP contribution < -0.4 is 10.2 Å². The number of rotatable bonds is 5. The average Bonchev–Trinajstić information content (AvgIpc) is 3.15. The molecule has 0 atom stereocenters. The Bertz CT molecular complexity index is 691. The first-order valence-corrected chi connectivity index (χ1v) is 8.80. The van der Waals surface area contributed by atoms with E-state index in [0.717, 1.165) is 37.4 Å². The van der Waals surface area contributed by atoms with E-state index in [-0.39, 0.29) is 5.91 Å². The number of aromatic nitrogens is 3. The van der Waals surface area contributed by atoms with Crippen molar-refractivity contribution < 1.29 is 4.79 Å². The molecular weight excluding hydrogens is 316 g/mol. The maximum atomic E-state index is 12.4. The van der Waals surface area contributed by atoms with Gasteiger partial charge in [-0.15, -0.1) is 5.10 Å². The first kappa shape index (κ1) is 17.3. The van der Waals surface area contributed by atoms with Gasteiger partial charge in [0, 0.05) is 38.4 Å². The molecule has 134 valence electrons. The zero-order valence-electron chi connectivity index (χ0n) is 15.1. The summed E-state index contributed by atoms with van der Waals surface area (Å²) in [6.45, 7) is 5.71. The number of likely N-dealkylation sites (tertiary alicyclic amines) is 1. The van der Waals surface area contributed by atoms with Gasteiger partial charge in [-0.1, -0.05) is 0 Å². The van der Waals surface area contributed by atoms with Crippen LogP contribution in [-0.4, -0.2) is 58.2 Å². The van der Waals surface area contributed by atoms with Crippen LogP contribution in [0.15, 0.2) is 30.6 Å². The summed E-state index contributed by atoms with van der Waals surface area (Å²) in [4.78, 5) is 19.5. The molecule has 1 fully saturated rings. The molecule has 0 bridgehead atoms. The largest absolute Gasteiger partial charge is 0.380 e. The SMILES string of the molecule is CC(C)Nc1ccnnc1N(C)C1CCN(C(=O)c2ccc[nH]2)CC1. The van der Waals surface area contributed by atoms with Crippen molar-refractivity contribution in [3.63, 3.8) is 0 Å². The van der Waals surface area contributed by atoms with Crippen molar-refractivity contribution in [1.82, 2.24) is 20.1 Å². The highest BCUT2D eigenvalue weighted by atomic mass is 16.2. The van der Waals surface area contributed by atoms with Gasteiger partial charge in [0.25, 0.3) is 5.91 Å². The molecule has 1 aliphatic rings. The maximum absolute atomic E-state index is 12.4. The van der Waals surface area contributed by atoms with E-state index in [1.807, 2.05) is 23.1 Å². The minimum atomic E-state index is 0.0766. The quantitative estimate of drug-likeness (QED) is 0.872. The van der Waals surface area contributed by atoms with Crippen molar-refractivity contribution in [2.45, 2.75) is 38.8 Å². The van der Waals surface area contributed by atoms with Crippen molar-refractivity contribution >= 4 is 17.4 Å². The molecule has 1 aliphatic heterocycles. The summed E-state index contributed by atoms with van der Waals surface area (Å²) < 4.78 is 0. The number of carbonyl (C=O) groups excluding carboxylic acids is 1. The molecule has 25 heavy (non-hydrogen) atoms. The van der Waals surface area contributed by atoms with Crippen LogP contribution in [0.5, 0.6) is 0 Å². The third-order valence-corrected chi connectivity index (χ3v) is 4.61. The number of aromatic amines is 1. The Kier molecular flexibility index (Phi) is 5.21. The molecule has 0 spiro atoms. The molecule has 1 saturated heterocycles. The van der Waals surface area contributed by atoms with Crippen molar-refractivity contribution in [2.75, 3.05) is 30.4 Å². The molecular formula is C18H26N6O. The first-order valence-electron chi connectivity index (χ1n) is 8.80. The zero-order valence-corrected chi connectivity index (χ0v) is 15.1. The number of carbonyl (C=O) groups is 1. The van der Waals surface area contributed by atoms with Crippen LogP contribution in [0.3, 0.4) is 0 Å². The minimum Gasteiger partial charge on any atom is -0.380 e. The highest BCUT2D eigenvalue weighted by Gasteiger charge is 2.27. The third-order valence-electron chi connectivity index (χ3n) is 4.61. The topological polar surface area (TPSA) is 77.2 Å². The van der Waals surface area contributed by atoms with Gasteiger partial charge in [0.15, 0.2) is 5.82 Å². The molecule has 3 heterocycles. The lowest BCUT2D eigenvalue weighted by molar-refractivity contribution is 0.0708. The summed E-state index contributed by atoms with van der Waals surface area (Å²) in [6, 6.07) is 6.31. The van der Waals surface area contributed by atoms with Crippen molar-refractivity contribution in [1.29, 1.82) is 0 Å². The molecule has 3 rings (SSSR count). The second-order valence-electron chi connectivity index (χ2n) is 6.79. The Morgan fingerprint density at radius 3 is 2.76 bits per heavy atom. The van der Waals surface area contributed by atoms with E-state index in [1.54, 1.807) is 12.4 Å². The van der Waals surface area contributed by atoms with Gasteiger partial charge < -0.3 is 20.1 Å². The number of H-pyrrole nitrogens is 1. The van der Waals surface area contributed by atoms with Gasteiger partial charge >= 0.3 is 0 Å². The number of nitrogens with zero attached hydrogens (tertiary/aromatic N) is 4. The van der Waals surface area contributed by atoms with E-state index in [4.69, 9.17) is 0 Å². The van der Waals surface area contributed by atoms with E-state index in [1.165, 1.54) is 0 Å². The summed E-state index contributed by atoms with van der Waals surface area (Å²) in [6.07, 6.45) is 5.33. The van der Waals surface area contributed by atoms with Crippen molar-refractivity contribution in [3.8, 4) is 0 Å². The lowest BCUT2D eigenvalue weighted by Gasteiger charge is -2.37. The number of hydrogen-bond donors (Lipinski definition) is 2. The Hall–Kier alpha value is -2.57. The molecule has 0 saturated carbocycles. The monoisotopic (exact) mass is 342 g/mol. The van der Waals surface area contributed by atoms with Crippen LogP contribution in [-0.2, 0) is 0 Å². The smallest absolute Gasteiger partial charge is 0.270 e. The zero-order chi connectivity index (χ0) is 17.8. The molecule has 0 unspecified atom stereocenters. The predicted molar refractivity (Wildman–Crippen MR) is 98.9 cm³/mol. The number of anilines is 2. The summed E-state index contributed by atoms with van der Waals surface area (Å²) >= 11 is 0. The fourth-order valence-corrected chi connectivity index (χ4v) is 3.27. The Labute approximate surface area is 148 Å². The van der Waals surface area contributed by atoms with E-state index in [2.05, 4.69) is 46.3 Å². The van der Waals surface area contributed by atoms with E-state index >= 15 is 0 Å². The standard InChI is InChI=1S/C18H26N6O/c1-13(2)21-15-6-10-20-22-17(15)23(3)14-7-11-24(12-8-14)18(25)16-5-4-9-19-16/h4-6,9-10,13-14,19H,7-8,11-12H2,1-3H3,(H,20,21). The Morgan fingerprint density at radius 1 is 1.36 bits per heavy atom. The van der Waals surface area contributed by atoms with Crippen LogP contribution in [0.4, 0.5) is 11.5 Å². The van der Waals surface area contributed by atoms with E-state index < -0.39 is 0 Å². The fourth-order valence-electron chi connectivity index (χ4n) is 3.27. The van der Waals surface area contributed by atoms with Gasteiger partial charge in [0.2, 0.25) is 0 Å². The molecule has 0 aliphatic carbocycles. The van der Waals surface area contributed by atoms with Crippen LogP contribution in [0, 0.1) is 0 Å². The van der Waals surface area contributed by atoms with Crippen LogP contribution in [0.25, 0.3) is 0 Å². The summed E-state index contributed by atoms with van der Waals surface area (Å²) in [5, 5.41) is 11.8. The van der Waals surface area contributed by atoms with Crippen LogP contribution >= 0.6 is 0 Å². The second kappa shape index (κ2) is 7.55. The highest BCUT2D eigenvalue weighted by Crippen LogP contribution is 2.27. The highest BCUT2D eigenvalue weighted by molar-refractivity contribution is 5.92. The fraction of sp³-hybridized carbons (Fsp3) is 0.500. The molecule has 2 N–H and O–H groups in total. The van der Waals surface area contributed by atoms with Gasteiger partial charge in [-0.05, 0) is 44.9 Å². The average molecular weight is 342 g/mol. The summed E-state index contributed by atoms with van der Waals surface area (Å²) in [5.74, 6) is 0.943. The summed E-state index contributed by atoms with van der Waals surface area (Å²) in [5.41, 5.74) is 1.65. The van der Waals surface area contributed by atoms with Gasteiger partial charge in [0.1, 0.15) is 5.69 Å². The third kappa shape index (κ3) is 3.92. The van der Waals surface area contributed by atoms with Crippen LogP contribution in [0.2, 0.25) is 0 Å². The molecule has 7 heteroatoms.